The van der Waals surface area contributed by atoms with Crippen LogP contribution in [0.4, 0.5) is 15.8 Å². The van der Waals surface area contributed by atoms with Crippen molar-refractivity contribution in [1.29, 1.82) is 5.26 Å². The number of aromatic nitrogens is 3. The second kappa shape index (κ2) is 12.0. The van der Waals surface area contributed by atoms with Crippen LogP contribution < -0.4 is 15.4 Å². The monoisotopic (exact) mass is 668 g/mol. The van der Waals surface area contributed by atoms with Crippen molar-refractivity contribution < 1.29 is 18.7 Å². The zero-order valence-corrected chi connectivity index (χ0v) is 28.7. The van der Waals surface area contributed by atoms with E-state index in [1.165, 1.54) is 0 Å². The number of aryl methyl sites for hydroxylation is 2. The number of benzene rings is 1. The van der Waals surface area contributed by atoms with Gasteiger partial charge in [0, 0.05) is 80.7 Å². The summed E-state index contributed by atoms with van der Waals surface area (Å²) < 4.78 is 30.1. The average Bonchev–Trinajstić information content (AvgIpc) is 3.65. The van der Waals surface area contributed by atoms with Gasteiger partial charge in [-0.25, -0.2) is 9.37 Å². The van der Waals surface area contributed by atoms with Gasteiger partial charge < -0.3 is 25.0 Å². The Hall–Kier alpha value is -4.21. The predicted molar refractivity (Wildman–Crippen MR) is 182 cm³/mol. The van der Waals surface area contributed by atoms with Gasteiger partial charge in [-0.3, -0.25) is 14.4 Å². The fraction of sp³-hybridized carbons (Fsp3) is 0.568. The van der Waals surface area contributed by atoms with Crippen molar-refractivity contribution in [2.24, 2.45) is 0 Å². The second-order valence-electron chi connectivity index (χ2n) is 14.9. The van der Waals surface area contributed by atoms with Crippen molar-refractivity contribution in [3.63, 3.8) is 0 Å². The number of amides is 1. The summed E-state index contributed by atoms with van der Waals surface area (Å²) in [5.41, 5.74) is 13.6. The van der Waals surface area contributed by atoms with Crippen molar-refractivity contribution >= 4 is 17.3 Å². The Morgan fingerprint density at radius 1 is 1.22 bits per heavy atom. The number of halogens is 1. The van der Waals surface area contributed by atoms with Gasteiger partial charge in [-0.1, -0.05) is 6.07 Å². The molecule has 5 aliphatic rings. The first-order valence-electron chi connectivity index (χ1n) is 17.6. The summed E-state index contributed by atoms with van der Waals surface area (Å²) in [7, 11) is 3.50. The number of nitrogens with zero attached hydrogens (tertiary/aromatic N) is 7. The number of hydrogen-bond donors (Lipinski definition) is 1. The molecule has 49 heavy (non-hydrogen) atoms. The largest absolute Gasteiger partial charge is 0.476 e. The number of pyridine rings is 1. The number of ether oxygens (including phenoxy) is 2. The summed E-state index contributed by atoms with van der Waals surface area (Å²) in [5, 5.41) is 15.0. The molecule has 0 bridgehead atoms. The lowest BCUT2D eigenvalue weighted by atomic mass is 9.72. The lowest BCUT2D eigenvalue weighted by molar-refractivity contribution is -0.0855. The molecule has 1 spiro atoms. The number of fused-ring (bicyclic) bond motifs is 5. The van der Waals surface area contributed by atoms with Gasteiger partial charge >= 0.3 is 0 Å². The molecule has 0 radical (unpaired) electrons. The van der Waals surface area contributed by atoms with Crippen molar-refractivity contribution in [2.45, 2.75) is 95.3 Å². The van der Waals surface area contributed by atoms with Crippen LogP contribution in [0.2, 0.25) is 0 Å². The molecule has 3 aromatic rings. The molecule has 258 valence electrons. The number of anilines is 2. The Kier molecular flexibility index (Phi) is 7.83. The first-order chi connectivity index (χ1) is 23.6. The highest BCUT2D eigenvalue weighted by Crippen LogP contribution is 2.49. The summed E-state index contributed by atoms with van der Waals surface area (Å²) in [6, 6.07) is 8.27. The van der Waals surface area contributed by atoms with E-state index in [-0.39, 0.29) is 11.4 Å². The highest BCUT2D eigenvalue weighted by molar-refractivity contribution is 5.93. The van der Waals surface area contributed by atoms with E-state index in [2.05, 4.69) is 15.9 Å². The molecule has 11 nitrogen and oxygen atoms in total. The van der Waals surface area contributed by atoms with Crippen molar-refractivity contribution in [3.8, 4) is 11.9 Å². The number of rotatable bonds is 5. The predicted octanol–water partition coefficient (Wildman–Crippen LogP) is 4.41. The minimum absolute atomic E-state index is 0.104. The quantitative estimate of drug-likeness (QED) is 0.394. The van der Waals surface area contributed by atoms with Gasteiger partial charge in [-0.15, -0.1) is 0 Å². The normalized spacial score (nSPS) is 26.0. The maximum Gasteiger partial charge on any atom is 0.274 e. The van der Waals surface area contributed by atoms with Gasteiger partial charge in [0.25, 0.3) is 5.91 Å². The Morgan fingerprint density at radius 2 is 2.08 bits per heavy atom. The summed E-state index contributed by atoms with van der Waals surface area (Å²) in [6.07, 6.45) is 5.52. The van der Waals surface area contributed by atoms with Crippen LogP contribution in [0.25, 0.3) is 0 Å². The lowest BCUT2D eigenvalue weighted by Gasteiger charge is -2.43. The maximum atomic E-state index is 14.7. The molecule has 0 saturated carbocycles. The van der Waals surface area contributed by atoms with Crippen LogP contribution in [0, 0.1) is 18.3 Å². The molecule has 8 rings (SSSR count). The summed E-state index contributed by atoms with van der Waals surface area (Å²) in [4.78, 5) is 24.3. The SMILES string of the molecule is Cc1c(C(=O)N(C)C)nn2c1CN(c1cc(OCC34CCCN3CC(F)C4)nc3c1COC1(CCCc4ccc(N)c(C#N)c41)C3)CCC2. The van der Waals surface area contributed by atoms with E-state index in [0.29, 0.717) is 68.5 Å². The zero-order valence-electron chi connectivity index (χ0n) is 28.7. The van der Waals surface area contributed by atoms with Crippen LogP contribution in [-0.2, 0) is 42.9 Å². The molecule has 2 aromatic heterocycles. The fourth-order valence-corrected chi connectivity index (χ4v) is 9.22. The minimum atomic E-state index is -0.837. The van der Waals surface area contributed by atoms with Crippen molar-refractivity contribution in [2.75, 3.05) is 51.0 Å². The number of alkyl halides is 1. The number of hydrogen-bond acceptors (Lipinski definition) is 9. The third kappa shape index (κ3) is 5.24. The number of carbonyl (C=O) groups is 1. The van der Waals surface area contributed by atoms with Gasteiger partial charge in [-0.2, -0.15) is 10.4 Å². The highest BCUT2D eigenvalue weighted by atomic mass is 19.1. The topological polar surface area (TPSA) is 126 Å². The van der Waals surface area contributed by atoms with Crippen LogP contribution in [0.1, 0.15) is 88.2 Å². The molecule has 6 heterocycles. The van der Waals surface area contributed by atoms with E-state index in [1.54, 1.807) is 19.0 Å². The molecule has 1 aliphatic carbocycles. The van der Waals surface area contributed by atoms with Crippen molar-refractivity contribution in [1.82, 2.24) is 24.6 Å². The smallest absolute Gasteiger partial charge is 0.274 e. The maximum absolute atomic E-state index is 14.7. The van der Waals surface area contributed by atoms with Crippen LogP contribution >= 0.6 is 0 Å². The second-order valence-corrected chi connectivity index (χ2v) is 14.9. The number of nitriles is 1. The van der Waals surface area contributed by atoms with E-state index in [9.17, 15) is 14.4 Å². The van der Waals surface area contributed by atoms with E-state index in [1.807, 2.05) is 29.8 Å². The Labute approximate surface area is 286 Å². The molecular weight excluding hydrogens is 623 g/mol. The van der Waals surface area contributed by atoms with E-state index < -0.39 is 11.8 Å². The molecule has 1 aromatic carbocycles. The van der Waals surface area contributed by atoms with Gasteiger partial charge in [0.15, 0.2) is 5.69 Å². The highest BCUT2D eigenvalue weighted by Gasteiger charge is 2.50. The van der Waals surface area contributed by atoms with Crippen LogP contribution in [-0.4, -0.2) is 82.5 Å². The molecular formula is C37H45FN8O3. The molecule has 3 atom stereocenters. The van der Waals surface area contributed by atoms with Gasteiger partial charge in [0.2, 0.25) is 5.88 Å². The molecule has 1 amide bonds. The third-order valence-electron chi connectivity index (χ3n) is 11.7. The van der Waals surface area contributed by atoms with E-state index >= 15 is 0 Å². The molecule has 2 saturated heterocycles. The molecule has 2 N–H and O–H groups in total. The average molecular weight is 669 g/mol. The summed E-state index contributed by atoms with van der Waals surface area (Å²) in [5.74, 6) is 0.421. The standard InChI is InChI=1S/C37H45FN8O3/c1-23-31-20-44(12-6-14-46(31)42-34(23)35(47)43(2)3)30-15-32(48-22-36-10-5-13-45(36)19-25(38)16-36)41-29-17-37(49-21-27(29)30)11-4-7-24-8-9-28(40)26(18-39)33(24)37/h8-9,15,25H,4-7,10-14,16-17,19-22,40H2,1-3H3. The van der Waals surface area contributed by atoms with Crippen LogP contribution in [0.3, 0.4) is 0 Å². The molecule has 2 fully saturated rings. The molecule has 12 heteroatoms. The fourth-order valence-electron chi connectivity index (χ4n) is 9.22. The third-order valence-corrected chi connectivity index (χ3v) is 11.7. The summed E-state index contributed by atoms with van der Waals surface area (Å²) in [6.45, 7) is 6.12. The van der Waals surface area contributed by atoms with Crippen LogP contribution in [0.15, 0.2) is 18.2 Å². The van der Waals surface area contributed by atoms with Crippen LogP contribution in [0.5, 0.6) is 5.88 Å². The first-order valence-corrected chi connectivity index (χ1v) is 17.6. The zero-order chi connectivity index (χ0) is 34.1. The van der Waals surface area contributed by atoms with E-state index in [0.717, 1.165) is 90.9 Å². The first kappa shape index (κ1) is 32.0. The van der Waals surface area contributed by atoms with Gasteiger partial charge in [-0.05, 0) is 63.6 Å². The Balaban J connectivity index is 1.19. The number of nitrogen functional groups attached to an aromatic ring is 1. The molecule has 4 aliphatic heterocycles. The van der Waals surface area contributed by atoms with E-state index in [4.69, 9.17) is 25.3 Å². The van der Waals surface area contributed by atoms with Crippen molar-refractivity contribution in [3.05, 3.63) is 63.1 Å². The van der Waals surface area contributed by atoms with Gasteiger partial charge in [0.1, 0.15) is 24.4 Å². The van der Waals surface area contributed by atoms with Gasteiger partial charge in [0.05, 0.1) is 35.6 Å². The molecule has 3 unspecified atom stereocenters. The number of carbonyl (C=O) groups excluding carboxylic acids is 1. The number of nitrogens with two attached hydrogens (primary N) is 1. The minimum Gasteiger partial charge on any atom is -0.476 e. The Bertz CT molecular complexity index is 1870. The lowest BCUT2D eigenvalue weighted by Crippen LogP contribution is -2.43. The Morgan fingerprint density at radius 3 is 2.90 bits per heavy atom. The summed E-state index contributed by atoms with van der Waals surface area (Å²) >= 11 is 0.